The van der Waals surface area contributed by atoms with Crippen molar-refractivity contribution < 1.29 is 9.53 Å². The molecule has 20 heavy (non-hydrogen) atoms. The molecule has 2 rings (SSSR count). The molecule has 1 heterocycles. The molecule has 4 nitrogen and oxygen atoms in total. The van der Waals surface area contributed by atoms with E-state index in [1.807, 2.05) is 41.1 Å². The Morgan fingerprint density at radius 2 is 2.15 bits per heavy atom. The highest BCUT2D eigenvalue weighted by molar-refractivity contribution is 9.10. The van der Waals surface area contributed by atoms with E-state index in [0.29, 0.717) is 17.1 Å². The number of carbonyl (C=O) groups is 1. The minimum atomic E-state index is -0.145. The van der Waals surface area contributed by atoms with E-state index in [-0.39, 0.29) is 5.91 Å². The zero-order valence-electron chi connectivity index (χ0n) is 11.5. The maximum absolute atomic E-state index is 12.4. The van der Waals surface area contributed by atoms with Gasteiger partial charge in [0.05, 0.1) is 12.8 Å². The third-order valence-corrected chi connectivity index (χ3v) is 3.35. The topological polar surface area (TPSA) is 43.3 Å². The fraction of sp³-hybridized carbons (Fsp3) is 0.267. The van der Waals surface area contributed by atoms with E-state index in [1.165, 1.54) is 0 Å². The number of nitrogens with one attached hydrogen (secondary N) is 1. The molecule has 0 aliphatic rings. The molecule has 1 amide bonds. The number of carbonyl (C=O) groups excluding carboxylic acids is 1. The number of aromatic nitrogens is 1. The van der Waals surface area contributed by atoms with Crippen LogP contribution >= 0.6 is 15.9 Å². The molecule has 0 saturated carbocycles. The van der Waals surface area contributed by atoms with Crippen molar-refractivity contribution in [1.82, 2.24) is 4.57 Å². The standard InChI is InChI=1S/C15H17BrN2O2/c1-3-8-18-10-11(16)9-13(18)15(19)17-12-6-4-5-7-14(12)20-2/h4-7,9-10H,3,8H2,1-2H3,(H,17,19). The van der Waals surface area contributed by atoms with Crippen molar-refractivity contribution in [3.63, 3.8) is 0 Å². The van der Waals surface area contributed by atoms with Crippen LogP contribution in [0, 0.1) is 0 Å². The van der Waals surface area contributed by atoms with Gasteiger partial charge in [-0.1, -0.05) is 19.1 Å². The van der Waals surface area contributed by atoms with E-state index in [2.05, 4.69) is 28.2 Å². The monoisotopic (exact) mass is 336 g/mol. The van der Waals surface area contributed by atoms with Crippen LogP contribution in [0.4, 0.5) is 5.69 Å². The molecular formula is C15H17BrN2O2. The van der Waals surface area contributed by atoms with Crippen LogP contribution < -0.4 is 10.1 Å². The first-order chi connectivity index (χ1) is 9.65. The van der Waals surface area contributed by atoms with Crippen LogP contribution in [0.2, 0.25) is 0 Å². The van der Waals surface area contributed by atoms with E-state index in [1.54, 1.807) is 7.11 Å². The van der Waals surface area contributed by atoms with E-state index < -0.39 is 0 Å². The number of methoxy groups -OCH3 is 1. The highest BCUT2D eigenvalue weighted by Gasteiger charge is 2.14. The molecular weight excluding hydrogens is 320 g/mol. The number of hydrogen-bond acceptors (Lipinski definition) is 2. The molecule has 0 unspecified atom stereocenters. The molecule has 0 saturated heterocycles. The number of benzene rings is 1. The van der Waals surface area contributed by atoms with Crippen molar-refractivity contribution >= 4 is 27.5 Å². The van der Waals surface area contributed by atoms with Gasteiger partial charge in [0.1, 0.15) is 11.4 Å². The molecule has 1 aromatic heterocycles. The summed E-state index contributed by atoms with van der Waals surface area (Å²) in [5.74, 6) is 0.502. The van der Waals surface area contributed by atoms with Gasteiger partial charge < -0.3 is 14.6 Å². The number of hydrogen-bond donors (Lipinski definition) is 1. The van der Waals surface area contributed by atoms with E-state index in [0.717, 1.165) is 17.4 Å². The minimum Gasteiger partial charge on any atom is -0.495 e. The molecule has 106 valence electrons. The van der Waals surface area contributed by atoms with Gasteiger partial charge in [0, 0.05) is 17.2 Å². The van der Waals surface area contributed by atoms with Gasteiger partial charge in [-0.2, -0.15) is 0 Å². The fourth-order valence-electron chi connectivity index (χ4n) is 2.03. The Hall–Kier alpha value is -1.75. The lowest BCUT2D eigenvalue weighted by Crippen LogP contribution is -2.17. The van der Waals surface area contributed by atoms with Gasteiger partial charge in [0.25, 0.3) is 5.91 Å². The number of para-hydroxylation sites is 2. The Kier molecular flexibility index (Phi) is 4.84. The zero-order chi connectivity index (χ0) is 14.5. The Morgan fingerprint density at radius 3 is 2.85 bits per heavy atom. The molecule has 5 heteroatoms. The maximum atomic E-state index is 12.4. The second kappa shape index (κ2) is 6.61. The molecule has 0 radical (unpaired) electrons. The van der Waals surface area contributed by atoms with Gasteiger partial charge in [-0.15, -0.1) is 0 Å². The third kappa shape index (κ3) is 3.22. The number of anilines is 1. The molecule has 1 N–H and O–H groups in total. The molecule has 0 bridgehead atoms. The summed E-state index contributed by atoms with van der Waals surface area (Å²) in [6.07, 6.45) is 2.89. The molecule has 0 aliphatic carbocycles. The van der Waals surface area contributed by atoms with Gasteiger partial charge in [0.2, 0.25) is 0 Å². The van der Waals surface area contributed by atoms with Gasteiger partial charge >= 0.3 is 0 Å². The van der Waals surface area contributed by atoms with Crippen LogP contribution in [0.5, 0.6) is 5.75 Å². The predicted octanol–water partition coefficient (Wildman–Crippen LogP) is 3.92. The summed E-state index contributed by atoms with van der Waals surface area (Å²) in [5, 5.41) is 2.88. The molecule has 1 aromatic carbocycles. The Bertz CT molecular complexity index is 608. The van der Waals surface area contributed by atoms with Crippen molar-refractivity contribution in [3.05, 3.63) is 46.7 Å². The van der Waals surface area contributed by atoms with Gasteiger partial charge in [-0.3, -0.25) is 4.79 Å². The van der Waals surface area contributed by atoms with Crippen molar-refractivity contribution in [1.29, 1.82) is 0 Å². The van der Waals surface area contributed by atoms with Crippen LogP contribution in [0.15, 0.2) is 41.0 Å². The van der Waals surface area contributed by atoms with E-state index in [9.17, 15) is 4.79 Å². The number of nitrogens with zero attached hydrogens (tertiary/aromatic N) is 1. The first kappa shape index (κ1) is 14.7. The van der Waals surface area contributed by atoms with Crippen LogP contribution in [0.25, 0.3) is 0 Å². The van der Waals surface area contributed by atoms with Crippen LogP contribution in [-0.2, 0) is 6.54 Å². The predicted molar refractivity (Wildman–Crippen MR) is 83.4 cm³/mol. The first-order valence-corrected chi connectivity index (χ1v) is 7.25. The normalized spacial score (nSPS) is 10.3. The van der Waals surface area contributed by atoms with Gasteiger partial charge in [-0.25, -0.2) is 0 Å². The summed E-state index contributed by atoms with van der Waals surface area (Å²) in [7, 11) is 1.58. The number of ether oxygens (including phenoxy) is 1. The third-order valence-electron chi connectivity index (χ3n) is 2.92. The summed E-state index contributed by atoms with van der Waals surface area (Å²) >= 11 is 3.41. The fourth-order valence-corrected chi connectivity index (χ4v) is 2.49. The van der Waals surface area contributed by atoms with Crippen molar-refractivity contribution in [3.8, 4) is 5.75 Å². The van der Waals surface area contributed by atoms with Gasteiger partial charge in [-0.05, 0) is 40.5 Å². The minimum absolute atomic E-state index is 0.145. The highest BCUT2D eigenvalue weighted by Crippen LogP contribution is 2.24. The average Bonchev–Trinajstić information content (AvgIpc) is 2.81. The lowest BCUT2D eigenvalue weighted by atomic mass is 10.2. The van der Waals surface area contributed by atoms with Crippen molar-refractivity contribution in [2.24, 2.45) is 0 Å². The molecule has 0 fully saturated rings. The second-order valence-electron chi connectivity index (χ2n) is 4.39. The first-order valence-electron chi connectivity index (χ1n) is 6.45. The highest BCUT2D eigenvalue weighted by atomic mass is 79.9. The number of rotatable bonds is 5. The summed E-state index contributed by atoms with van der Waals surface area (Å²) in [6, 6.07) is 9.18. The lowest BCUT2D eigenvalue weighted by Gasteiger charge is -2.11. The Morgan fingerprint density at radius 1 is 1.40 bits per heavy atom. The number of aryl methyl sites for hydroxylation is 1. The van der Waals surface area contributed by atoms with Crippen LogP contribution in [0.1, 0.15) is 23.8 Å². The van der Waals surface area contributed by atoms with E-state index in [4.69, 9.17) is 4.74 Å². The van der Waals surface area contributed by atoms with Crippen molar-refractivity contribution in [2.45, 2.75) is 19.9 Å². The molecule has 0 atom stereocenters. The molecule has 0 aliphatic heterocycles. The molecule has 2 aromatic rings. The number of halogens is 1. The Balaban J connectivity index is 2.24. The SMILES string of the molecule is CCCn1cc(Br)cc1C(=O)Nc1ccccc1OC. The molecule has 0 spiro atoms. The quantitative estimate of drug-likeness (QED) is 0.899. The number of amides is 1. The summed E-state index contributed by atoms with van der Waals surface area (Å²) in [4.78, 5) is 12.4. The average molecular weight is 337 g/mol. The largest absolute Gasteiger partial charge is 0.495 e. The Labute approximate surface area is 126 Å². The summed E-state index contributed by atoms with van der Waals surface area (Å²) in [5.41, 5.74) is 1.30. The summed E-state index contributed by atoms with van der Waals surface area (Å²) in [6.45, 7) is 2.89. The van der Waals surface area contributed by atoms with Gasteiger partial charge in [0.15, 0.2) is 0 Å². The lowest BCUT2D eigenvalue weighted by molar-refractivity contribution is 0.101. The van der Waals surface area contributed by atoms with Crippen molar-refractivity contribution in [2.75, 3.05) is 12.4 Å². The van der Waals surface area contributed by atoms with Crippen LogP contribution in [-0.4, -0.2) is 17.6 Å². The maximum Gasteiger partial charge on any atom is 0.272 e. The zero-order valence-corrected chi connectivity index (χ0v) is 13.1. The smallest absolute Gasteiger partial charge is 0.272 e. The summed E-state index contributed by atoms with van der Waals surface area (Å²) < 4.78 is 8.07. The van der Waals surface area contributed by atoms with Crippen LogP contribution in [0.3, 0.4) is 0 Å². The van der Waals surface area contributed by atoms with E-state index >= 15 is 0 Å². The second-order valence-corrected chi connectivity index (χ2v) is 5.31.